The highest BCUT2D eigenvalue weighted by molar-refractivity contribution is 7.92. The number of hydrogen-bond donors (Lipinski definition) is 1. The standard InChI is InChI=1S/C30H32F3N3O5S/c1-4-36(27-25(37)18-29(20(2)3,41-28(27)38)16-15-21-9-6-5-7-10-21)24-12-8-11-23(17-24)35-42(39,40)26-14-13-22(19-34-26)30(31,32)33/h5-14,17,19-20,27,35H,4,15-16,18H2,1-3H3. The monoisotopic (exact) mass is 603 g/mol. The minimum absolute atomic E-state index is 0.0380. The molecule has 2 aromatic carbocycles. The summed E-state index contributed by atoms with van der Waals surface area (Å²) in [6.45, 7) is 5.83. The summed E-state index contributed by atoms with van der Waals surface area (Å²) in [7, 11) is -4.33. The van der Waals surface area contributed by atoms with Crippen molar-refractivity contribution < 1.29 is 35.9 Å². The molecule has 1 aliphatic heterocycles. The fourth-order valence-electron chi connectivity index (χ4n) is 5.04. The van der Waals surface area contributed by atoms with Gasteiger partial charge in [0.05, 0.1) is 11.3 Å². The van der Waals surface area contributed by atoms with Gasteiger partial charge in [0, 0.05) is 24.8 Å². The number of likely N-dealkylation sites (N-methyl/N-ethyl adjacent to an activating group) is 1. The van der Waals surface area contributed by atoms with E-state index in [9.17, 15) is 31.2 Å². The maximum absolute atomic E-state index is 13.6. The molecule has 8 nitrogen and oxygen atoms in total. The summed E-state index contributed by atoms with van der Waals surface area (Å²) in [5.41, 5.74) is -0.499. The number of aryl methyl sites for hydroxylation is 1. The second-order valence-corrected chi connectivity index (χ2v) is 12.1. The first-order chi connectivity index (χ1) is 19.8. The van der Waals surface area contributed by atoms with Crippen molar-refractivity contribution in [1.29, 1.82) is 0 Å². The summed E-state index contributed by atoms with van der Waals surface area (Å²) in [6, 6.07) is 16.0. The number of esters is 1. The highest BCUT2D eigenvalue weighted by Gasteiger charge is 2.50. The smallest absolute Gasteiger partial charge is 0.417 e. The van der Waals surface area contributed by atoms with E-state index in [1.807, 2.05) is 44.2 Å². The number of Topliss-reactive ketones (excluding diaryl/α,β-unsaturated/α-hetero) is 1. The van der Waals surface area contributed by atoms with Gasteiger partial charge in [0.2, 0.25) is 0 Å². The number of cyclic esters (lactones) is 1. The number of ketones is 1. The molecule has 12 heteroatoms. The van der Waals surface area contributed by atoms with Crippen LogP contribution >= 0.6 is 0 Å². The van der Waals surface area contributed by atoms with Crippen molar-refractivity contribution >= 4 is 33.2 Å². The molecule has 0 amide bonds. The van der Waals surface area contributed by atoms with Gasteiger partial charge in [-0.05, 0) is 61.6 Å². The van der Waals surface area contributed by atoms with Gasteiger partial charge in [0.1, 0.15) is 5.60 Å². The number of carbonyl (C=O) groups excluding carboxylic acids is 2. The van der Waals surface area contributed by atoms with Crippen molar-refractivity contribution in [2.45, 2.75) is 62.9 Å². The second-order valence-electron chi connectivity index (χ2n) is 10.5. The Bertz CT molecular complexity index is 1510. The number of hydrogen-bond acceptors (Lipinski definition) is 7. The first-order valence-electron chi connectivity index (χ1n) is 13.5. The Balaban J connectivity index is 1.53. The van der Waals surface area contributed by atoms with Crippen molar-refractivity contribution in [1.82, 2.24) is 4.98 Å². The molecule has 0 bridgehead atoms. The van der Waals surface area contributed by atoms with Crippen molar-refractivity contribution in [3.05, 3.63) is 84.1 Å². The Kier molecular flexibility index (Phi) is 8.95. The molecule has 3 aromatic rings. The number of alkyl halides is 3. The number of halogens is 3. The van der Waals surface area contributed by atoms with Crippen LogP contribution in [-0.4, -0.2) is 43.3 Å². The van der Waals surface area contributed by atoms with Gasteiger partial charge in [-0.25, -0.2) is 9.78 Å². The van der Waals surface area contributed by atoms with Crippen molar-refractivity contribution in [2.75, 3.05) is 16.2 Å². The van der Waals surface area contributed by atoms with E-state index in [4.69, 9.17) is 4.74 Å². The zero-order valence-electron chi connectivity index (χ0n) is 23.4. The quantitative estimate of drug-likeness (QED) is 0.236. The number of sulfonamides is 1. The Hall–Kier alpha value is -3.93. The number of benzene rings is 2. The zero-order chi connectivity index (χ0) is 30.7. The molecular formula is C30H32F3N3O5S. The van der Waals surface area contributed by atoms with Gasteiger partial charge in [-0.15, -0.1) is 0 Å². The molecule has 224 valence electrons. The molecule has 42 heavy (non-hydrogen) atoms. The molecule has 1 N–H and O–H groups in total. The van der Waals surface area contributed by atoms with Gasteiger partial charge in [-0.3, -0.25) is 9.52 Å². The van der Waals surface area contributed by atoms with Gasteiger partial charge in [0.15, 0.2) is 16.9 Å². The summed E-state index contributed by atoms with van der Waals surface area (Å²) in [6.07, 6.45) is -3.05. The summed E-state index contributed by atoms with van der Waals surface area (Å²) in [5, 5.41) is -0.597. The van der Waals surface area contributed by atoms with Gasteiger partial charge in [-0.2, -0.15) is 21.6 Å². The van der Waals surface area contributed by atoms with Crippen LogP contribution in [0.1, 0.15) is 44.7 Å². The summed E-state index contributed by atoms with van der Waals surface area (Å²) >= 11 is 0. The van der Waals surface area contributed by atoms with Crippen LogP contribution in [0.25, 0.3) is 0 Å². The lowest BCUT2D eigenvalue weighted by Crippen LogP contribution is -2.59. The molecule has 0 aliphatic carbocycles. The van der Waals surface area contributed by atoms with Crippen molar-refractivity contribution in [3.63, 3.8) is 0 Å². The van der Waals surface area contributed by atoms with Crippen LogP contribution in [0.5, 0.6) is 0 Å². The van der Waals surface area contributed by atoms with Gasteiger partial charge in [0.25, 0.3) is 10.0 Å². The molecule has 4 rings (SSSR count). The molecule has 2 heterocycles. The van der Waals surface area contributed by atoms with E-state index in [1.54, 1.807) is 17.9 Å². The fraction of sp³-hybridized carbons (Fsp3) is 0.367. The third-order valence-corrected chi connectivity index (χ3v) is 8.76. The van der Waals surface area contributed by atoms with E-state index in [-0.39, 0.29) is 30.4 Å². The van der Waals surface area contributed by atoms with Gasteiger partial charge in [-0.1, -0.05) is 50.2 Å². The molecule has 1 fully saturated rings. The largest absolute Gasteiger partial charge is 0.456 e. The molecule has 0 saturated carbocycles. The highest BCUT2D eigenvalue weighted by atomic mass is 32.2. The first kappa shape index (κ1) is 31.0. The molecule has 0 radical (unpaired) electrons. The average molecular weight is 604 g/mol. The van der Waals surface area contributed by atoms with E-state index < -0.39 is 44.4 Å². The summed E-state index contributed by atoms with van der Waals surface area (Å²) < 4.78 is 72.5. The molecule has 1 aromatic heterocycles. The third kappa shape index (κ3) is 6.75. The number of ether oxygens (including phenoxy) is 1. The van der Waals surface area contributed by atoms with Crippen LogP contribution < -0.4 is 9.62 Å². The molecular weight excluding hydrogens is 571 g/mol. The summed E-state index contributed by atoms with van der Waals surface area (Å²) in [4.78, 5) is 32.0. The number of pyridine rings is 1. The average Bonchev–Trinajstić information content (AvgIpc) is 2.94. The minimum atomic E-state index is -4.66. The molecule has 2 unspecified atom stereocenters. The third-order valence-electron chi connectivity index (χ3n) is 7.46. The predicted molar refractivity (Wildman–Crippen MR) is 151 cm³/mol. The Morgan fingerprint density at radius 1 is 1.07 bits per heavy atom. The lowest BCUT2D eigenvalue weighted by molar-refractivity contribution is -0.179. The lowest BCUT2D eigenvalue weighted by atomic mass is 9.77. The van der Waals surface area contributed by atoms with E-state index in [1.165, 1.54) is 18.2 Å². The maximum atomic E-state index is 13.6. The Labute approximate surface area is 243 Å². The van der Waals surface area contributed by atoms with Crippen molar-refractivity contribution in [2.24, 2.45) is 5.92 Å². The fourth-order valence-corrected chi connectivity index (χ4v) is 6.02. The van der Waals surface area contributed by atoms with Crippen LogP contribution in [0.4, 0.5) is 24.5 Å². The Morgan fingerprint density at radius 3 is 2.36 bits per heavy atom. The van der Waals surface area contributed by atoms with Crippen LogP contribution in [0.3, 0.4) is 0 Å². The van der Waals surface area contributed by atoms with E-state index in [2.05, 4.69) is 9.71 Å². The van der Waals surface area contributed by atoms with Crippen LogP contribution in [-0.2, 0) is 36.9 Å². The van der Waals surface area contributed by atoms with Gasteiger partial charge < -0.3 is 9.64 Å². The second kappa shape index (κ2) is 12.1. The molecule has 0 spiro atoms. The van der Waals surface area contributed by atoms with Gasteiger partial charge >= 0.3 is 12.1 Å². The number of nitrogens with one attached hydrogen (secondary N) is 1. The van der Waals surface area contributed by atoms with Crippen LogP contribution in [0, 0.1) is 5.92 Å². The number of carbonyl (C=O) groups is 2. The predicted octanol–water partition coefficient (Wildman–Crippen LogP) is 5.64. The van der Waals surface area contributed by atoms with Crippen molar-refractivity contribution in [3.8, 4) is 0 Å². The van der Waals surface area contributed by atoms with E-state index in [0.717, 1.165) is 11.6 Å². The Morgan fingerprint density at radius 2 is 1.79 bits per heavy atom. The number of anilines is 2. The van der Waals surface area contributed by atoms with Crippen LogP contribution in [0.15, 0.2) is 78.0 Å². The summed E-state index contributed by atoms with van der Waals surface area (Å²) in [5.74, 6) is -1.08. The molecule has 2 atom stereocenters. The lowest BCUT2D eigenvalue weighted by Gasteiger charge is -2.44. The number of rotatable bonds is 10. The molecule has 1 aliphatic rings. The van der Waals surface area contributed by atoms with Crippen LogP contribution in [0.2, 0.25) is 0 Å². The topological polar surface area (TPSA) is 106 Å². The minimum Gasteiger partial charge on any atom is -0.456 e. The number of nitrogens with zero attached hydrogens (tertiary/aromatic N) is 2. The number of aromatic nitrogens is 1. The zero-order valence-corrected chi connectivity index (χ0v) is 24.2. The normalized spacial score (nSPS) is 19.5. The maximum Gasteiger partial charge on any atom is 0.417 e. The van der Waals surface area contributed by atoms with E-state index in [0.29, 0.717) is 30.8 Å². The SMILES string of the molecule is CCN(c1cccc(NS(=O)(=O)c2ccc(C(F)(F)F)cn2)c1)C1C(=O)CC(CCc2ccccc2)(C(C)C)OC1=O. The highest BCUT2D eigenvalue weighted by Crippen LogP contribution is 2.38. The molecule has 1 saturated heterocycles. The first-order valence-corrected chi connectivity index (χ1v) is 15.0. The van der Waals surface area contributed by atoms with E-state index >= 15 is 0 Å².